The minimum Gasteiger partial charge on any atom is -0.495 e. The number of carbonyl (C=O) groups is 1. The van der Waals surface area contributed by atoms with Crippen molar-refractivity contribution < 1.29 is 14.6 Å². The van der Waals surface area contributed by atoms with E-state index in [0.29, 0.717) is 52.9 Å². The van der Waals surface area contributed by atoms with Crippen molar-refractivity contribution in [3.63, 3.8) is 0 Å². The Balaban J connectivity index is 1.25. The predicted molar refractivity (Wildman–Crippen MR) is 179 cm³/mol. The van der Waals surface area contributed by atoms with E-state index in [-0.39, 0.29) is 12.5 Å². The van der Waals surface area contributed by atoms with Gasteiger partial charge in [-0.1, -0.05) is 11.6 Å². The van der Waals surface area contributed by atoms with Gasteiger partial charge in [-0.25, -0.2) is 4.98 Å². The minimum atomic E-state index is -0.0223. The first kappa shape index (κ1) is 31.3. The summed E-state index contributed by atoms with van der Waals surface area (Å²) in [5.41, 5.74) is 6.71. The topological polar surface area (TPSA) is 109 Å². The van der Waals surface area contributed by atoms with Gasteiger partial charge in [-0.05, 0) is 62.1 Å². The van der Waals surface area contributed by atoms with Crippen LogP contribution in [0.4, 0.5) is 28.8 Å². The third kappa shape index (κ3) is 6.53. The van der Waals surface area contributed by atoms with Crippen molar-refractivity contribution in [3.8, 4) is 5.75 Å². The molecule has 0 aliphatic carbocycles. The zero-order chi connectivity index (χ0) is 31.7. The molecule has 3 N–H and O–H groups in total. The number of benzene rings is 2. The lowest BCUT2D eigenvalue weighted by molar-refractivity contribution is 0.0817. The number of methoxy groups -OCH3 is 1. The molecule has 3 aromatic rings. The highest BCUT2D eigenvalue weighted by atomic mass is 35.5. The van der Waals surface area contributed by atoms with Crippen LogP contribution in [0.5, 0.6) is 5.75 Å². The van der Waals surface area contributed by atoms with Crippen molar-refractivity contribution in [2.75, 3.05) is 82.1 Å². The average Bonchev–Trinajstić information content (AvgIpc) is 3.20. The fraction of sp³-hybridized carbons (Fsp3) is 0.485. The SMILES string of the molecule is COc1cc2c(cc1Nc1ncc(Cl)c(Nc3ccc(N4CCN(C(C)C)CC4)c4c3C(=O)N(C)C4)n1)CCN(CCO)CC2. The molecular formula is C33H43ClN8O3. The third-order valence-corrected chi connectivity index (χ3v) is 9.48. The molecule has 6 rings (SSSR count). The number of aliphatic hydroxyl groups excluding tert-OH is 1. The second-order valence-corrected chi connectivity index (χ2v) is 12.7. The summed E-state index contributed by atoms with van der Waals surface area (Å²) in [7, 11) is 3.49. The Morgan fingerprint density at radius 1 is 1.02 bits per heavy atom. The summed E-state index contributed by atoms with van der Waals surface area (Å²) in [6.07, 6.45) is 3.32. The highest BCUT2D eigenvalue weighted by Crippen LogP contribution is 2.39. The van der Waals surface area contributed by atoms with Crippen molar-refractivity contribution in [1.82, 2.24) is 24.7 Å². The van der Waals surface area contributed by atoms with Crippen LogP contribution in [0, 0.1) is 0 Å². The monoisotopic (exact) mass is 634 g/mol. The minimum absolute atomic E-state index is 0.0223. The highest BCUT2D eigenvalue weighted by Gasteiger charge is 2.33. The molecule has 1 saturated heterocycles. The largest absolute Gasteiger partial charge is 0.495 e. The number of carbonyl (C=O) groups excluding carboxylic acids is 1. The number of amides is 1. The van der Waals surface area contributed by atoms with Crippen LogP contribution < -0.4 is 20.3 Å². The van der Waals surface area contributed by atoms with E-state index in [1.807, 2.05) is 13.1 Å². The molecule has 0 atom stereocenters. The number of hydrogen-bond donors (Lipinski definition) is 3. The number of β-amino-alcohol motifs (C(OH)–C–C–N with tert-alkyl or cyclic N) is 1. The van der Waals surface area contributed by atoms with Gasteiger partial charge in [0.05, 0.1) is 36.9 Å². The van der Waals surface area contributed by atoms with E-state index < -0.39 is 0 Å². The van der Waals surface area contributed by atoms with E-state index in [1.54, 1.807) is 18.2 Å². The molecular weight excluding hydrogens is 592 g/mol. The van der Waals surface area contributed by atoms with Crippen LogP contribution in [0.3, 0.4) is 0 Å². The first-order valence-corrected chi connectivity index (χ1v) is 16.1. The molecule has 1 aromatic heterocycles. The van der Waals surface area contributed by atoms with E-state index in [2.05, 4.69) is 62.4 Å². The summed E-state index contributed by atoms with van der Waals surface area (Å²) < 4.78 is 5.74. The Hall–Kier alpha value is -3.64. The third-order valence-electron chi connectivity index (χ3n) is 9.21. The maximum absolute atomic E-state index is 13.4. The molecule has 3 aliphatic heterocycles. The molecule has 0 bridgehead atoms. The maximum Gasteiger partial charge on any atom is 0.256 e. The van der Waals surface area contributed by atoms with Crippen LogP contribution in [-0.4, -0.2) is 108 Å². The van der Waals surface area contributed by atoms with Gasteiger partial charge in [0.25, 0.3) is 5.91 Å². The zero-order valence-corrected chi connectivity index (χ0v) is 27.3. The Labute approximate surface area is 270 Å². The normalized spacial score (nSPS) is 17.4. The van der Waals surface area contributed by atoms with Gasteiger partial charge >= 0.3 is 0 Å². The Morgan fingerprint density at radius 3 is 2.44 bits per heavy atom. The van der Waals surface area contributed by atoms with Crippen molar-refractivity contribution in [2.24, 2.45) is 0 Å². The summed E-state index contributed by atoms with van der Waals surface area (Å²) in [6, 6.07) is 8.76. The number of halogens is 1. The fourth-order valence-electron chi connectivity index (χ4n) is 6.62. The Bertz CT molecular complexity index is 1560. The number of aliphatic hydroxyl groups is 1. The number of nitrogens with zero attached hydrogens (tertiary/aromatic N) is 6. The second-order valence-electron chi connectivity index (χ2n) is 12.3. The molecule has 3 aliphatic rings. The number of hydrogen-bond acceptors (Lipinski definition) is 10. The lowest BCUT2D eigenvalue weighted by Gasteiger charge is -2.38. The van der Waals surface area contributed by atoms with E-state index in [0.717, 1.165) is 69.0 Å². The van der Waals surface area contributed by atoms with Crippen LogP contribution in [0.1, 0.15) is 40.9 Å². The van der Waals surface area contributed by atoms with Crippen LogP contribution in [0.2, 0.25) is 5.02 Å². The molecule has 0 unspecified atom stereocenters. The number of nitrogens with one attached hydrogen (secondary N) is 2. The summed E-state index contributed by atoms with van der Waals surface area (Å²) in [6.45, 7) is 11.5. The van der Waals surface area contributed by atoms with Crippen LogP contribution >= 0.6 is 11.6 Å². The molecule has 12 heteroatoms. The van der Waals surface area contributed by atoms with Gasteiger partial charge in [-0.15, -0.1) is 0 Å². The average molecular weight is 635 g/mol. The smallest absolute Gasteiger partial charge is 0.256 e. The van der Waals surface area contributed by atoms with E-state index in [4.69, 9.17) is 21.3 Å². The molecule has 1 fully saturated rings. The number of rotatable bonds is 9. The van der Waals surface area contributed by atoms with E-state index in [1.165, 1.54) is 11.1 Å². The molecule has 11 nitrogen and oxygen atoms in total. The van der Waals surface area contributed by atoms with Crippen molar-refractivity contribution in [2.45, 2.75) is 39.3 Å². The fourth-order valence-corrected chi connectivity index (χ4v) is 6.75. The van der Waals surface area contributed by atoms with Crippen LogP contribution in [-0.2, 0) is 19.4 Å². The van der Waals surface area contributed by atoms with Crippen molar-refractivity contribution >= 4 is 46.3 Å². The summed E-state index contributed by atoms with van der Waals surface area (Å²) in [5, 5.41) is 16.4. The predicted octanol–water partition coefficient (Wildman–Crippen LogP) is 4.13. The number of fused-ring (bicyclic) bond motifs is 2. The lowest BCUT2D eigenvalue weighted by atomic mass is 10.0. The van der Waals surface area contributed by atoms with Gasteiger partial charge in [-0.2, -0.15) is 4.98 Å². The zero-order valence-electron chi connectivity index (χ0n) is 26.6. The van der Waals surface area contributed by atoms with Crippen molar-refractivity contribution in [3.05, 3.63) is 57.7 Å². The first-order chi connectivity index (χ1) is 21.7. The molecule has 0 spiro atoms. The molecule has 45 heavy (non-hydrogen) atoms. The maximum atomic E-state index is 13.4. The summed E-state index contributed by atoms with van der Waals surface area (Å²) in [4.78, 5) is 31.5. The second kappa shape index (κ2) is 13.4. The van der Waals surface area contributed by atoms with Gasteiger partial charge in [0.2, 0.25) is 5.95 Å². The standard InChI is InChI=1S/C33H43ClN8O3/c1-21(2)41-11-13-42(14-12-41)28-6-5-26(30-24(28)20-39(3)32(30)44)36-31-25(34)19-35-33(38-31)37-27-17-22-7-9-40(15-16-43)10-8-23(22)18-29(27)45-4/h5-6,17-19,21,43H,7-16,20H2,1-4H3,(H2,35,36,37,38). The molecule has 2 aromatic carbocycles. The molecule has 4 heterocycles. The molecule has 240 valence electrons. The number of piperazine rings is 1. The Kier molecular flexibility index (Phi) is 9.32. The van der Waals surface area contributed by atoms with Gasteiger partial charge in [-0.3, -0.25) is 9.69 Å². The van der Waals surface area contributed by atoms with Crippen molar-refractivity contribution in [1.29, 1.82) is 0 Å². The highest BCUT2D eigenvalue weighted by molar-refractivity contribution is 6.33. The van der Waals surface area contributed by atoms with E-state index >= 15 is 0 Å². The number of anilines is 5. The van der Waals surface area contributed by atoms with Crippen LogP contribution in [0.25, 0.3) is 0 Å². The van der Waals surface area contributed by atoms with Gasteiger partial charge in [0, 0.05) is 76.7 Å². The molecule has 1 amide bonds. The van der Waals surface area contributed by atoms with E-state index in [9.17, 15) is 9.90 Å². The van der Waals surface area contributed by atoms with Gasteiger partial charge < -0.3 is 35.2 Å². The van der Waals surface area contributed by atoms with Crippen LogP contribution in [0.15, 0.2) is 30.5 Å². The Morgan fingerprint density at radius 2 is 1.76 bits per heavy atom. The van der Waals surface area contributed by atoms with Gasteiger partial charge in [0.1, 0.15) is 10.8 Å². The van der Waals surface area contributed by atoms with Gasteiger partial charge in [0.15, 0.2) is 5.82 Å². The summed E-state index contributed by atoms with van der Waals surface area (Å²) >= 11 is 6.60. The molecule has 0 radical (unpaired) electrons. The molecule has 0 saturated carbocycles. The number of ether oxygens (including phenoxy) is 1. The lowest BCUT2D eigenvalue weighted by Crippen LogP contribution is -2.49. The number of aromatic nitrogens is 2. The summed E-state index contributed by atoms with van der Waals surface area (Å²) in [5.74, 6) is 1.44. The first-order valence-electron chi connectivity index (χ1n) is 15.8. The quantitative estimate of drug-likeness (QED) is 0.318.